The van der Waals surface area contributed by atoms with Crippen molar-refractivity contribution in [1.82, 2.24) is 4.90 Å². The smallest absolute Gasteiger partial charge is 0.0331 e. The van der Waals surface area contributed by atoms with Crippen LogP contribution in [-0.4, -0.2) is 30.1 Å². The predicted molar refractivity (Wildman–Crippen MR) is 74.0 cm³/mol. The Bertz CT molecular complexity index is 241. The van der Waals surface area contributed by atoms with Crippen molar-refractivity contribution in [1.29, 1.82) is 0 Å². The summed E-state index contributed by atoms with van der Waals surface area (Å²) >= 11 is 0. The molecule has 1 saturated heterocycles. The average Bonchev–Trinajstić information content (AvgIpc) is 2.67. The Kier molecular flexibility index (Phi) is 4.48. The van der Waals surface area contributed by atoms with Crippen LogP contribution in [0.2, 0.25) is 0 Å². The Hall–Kier alpha value is -0.0800. The normalized spacial score (nSPS) is 40.4. The molecule has 1 aliphatic heterocycles. The molecule has 2 fully saturated rings. The molecule has 2 aliphatic rings. The Balaban J connectivity index is 2.03. The van der Waals surface area contributed by atoms with Gasteiger partial charge in [-0.25, -0.2) is 0 Å². The van der Waals surface area contributed by atoms with Crippen LogP contribution in [0.5, 0.6) is 0 Å². The lowest BCUT2D eigenvalue weighted by Gasteiger charge is -2.41. The zero-order chi connectivity index (χ0) is 12.3. The summed E-state index contributed by atoms with van der Waals surface area (Å²) in [4.78, 5) is 2.73. The fourth-order valence-corrected chi connectivity index (χ4v) is 3.89. The average molecular weight is 238 g/mol. The molecule has 0 aromatic rings. The summed E-state index contributed by atoms with van der Waals surface area (Å²) in [6.45, 7) is 8.17. The third kappa shape index (κ3) is 2.85. The fraction of sp³-hybridized carbons (Fsp3) is 1.00. The van der Waals surface area contributed by atoms with E-state index < -0.39 is 0 Å². The first kappa shape index (κ1) is 13.4. The van der Waals surface area contributed by atoms with Crippen molar-refractivity contribution in [2.45, 2.75) is 64.3 Å². The van der Waals surface area contributed by atoms with Crippen LogP contribution in [0.1, 0.15) is 58.8 Å². The van der Waals surface area contributed by atoms with Crippen molar-refractivity contribution in [3.05, 3.63) is 0 Å². The Morgan fingerprint density at radius 2 is 2.06 bits per heavy atom. The summed E-state index contributed by atoms with van der Waals surface area (Å²) in [5.41, 5.74) is 6.53. The van der Waals surface area contributed by atoms with Gasteiger partial charge in [0.1, 0.15) is 0 Å². The largest absolute Gasteiger partial charge is 0.329 e. The van der Waals surface area contributed by atoms with E-state index in [1.165, 1.54) is 58.0 Å². The summed E-state index contributed by atoms with van der Waals surface area (Å²) in [6.07, 6.45) is 9.64. The number of nitrogens with zero attached hydrogens (tertiary/aromatic N) is 1. The van der Waals surface area contributed by atoms with E-state index in [-0.39, 0.29) is 0 Å². The lowest BCUT2D eigenvalue weighted by molar-refractivity contribution is 0.100. The first-order chi connectivity index (χ1) is 8.20. The molecule has 2 N–H and O–H groups in total. The van der Waals surface area contributed by atoms with Crippen molar-refractivity contribution >= 4 is 0 Å². The van der Waals surface area contributed by atoms with Crippen LogP contribution < -0.4 is 5.73 Å². The van der Waals surface area contributed by atoms with Gasteiger partial charge in [0.05, 0.1) is 0 Å². The van der Waals surface area contributed by atoms with E-state index in [1.807, 2.05) is 0 Å². The minimum Gasteiger partial charge on any atom is -0.329 e. The molecule has 1 saturated carbocycles. The Morgan fingerprint density at radius 1 is 1.24 bits per heavy atom. The van der Waals surface area contributed by atoms with Gasteiger partial charge in [-0.15, -0.1) is 0 Å². The maximum absolute atomic E-state index is 6.18. The molecule has 0 aromatic carbocycles. The van der Waals surface area contributed by atoms with Crippen LogP contribution in [0.3, 0.4) is 0 Å². The highest BCUT2D eigenvalue weighted by Crippen LogP contribution is 2.37. The van der Waals surface area contributed by atoms with Crippen LogP contribution in [0.4, 0.5) is 0 Å². The molecule has 2 nitrogen and oxygen atoms in total. The zero-order valence-electron chi connectivity index (χ0n) is 11.8. The van der Waals surface area contributed by atoms with Gasteiger partial charge in [-0.1, -0.05) is 33.1 Å². The number of nitrogens with two attached hydrogens (primary N) is 1. The molecule has 17 heavy (non-hydrogen) atoms. The topological polar surface area (TPSA) is 29.3 Å². The van der Waals surface area contributed by atoms with Gasteiger partial charge < -0.3 is 5.73 Å². The summed E-state index contributed by atoms with van der Waals surface area (Å²) in [5, 5.41) is 0. The molecular weight excluding hydrogens is 208 g/mol. The van der Waals surface area contributed by atoms with Gasteiger partial charge in [0.15, 0.2) is 0 Å². The zero-order valence-corrected chi connectivity index (χ0v) is 11.8. The SMILES string of the molecule is CCC1CCCC(CN)(N2CCC(C)C2)CC1. The highest BCUT2D eigenvalue weighted by Gasteiger charge is 2.39. The maximum Gasteiger partial charge on any atom is 0.0331 e. The van der Waals surface area contributed by atoms with Crippen LogP contribution in [0.15, 0.2) is 0 Å². The summed E-state index contributed by atoms with van der Waals surface area (Å²) in [5.74, 6) is 1.84. The minimum atomic E-state index is 0.356. The van der Waals surface area contributed by atoms with E-state index >= 15 is 0 Å². The molecule has 0 radical (unpaired) electrons. The van der Waals surface area contributed by atoms with Gasteiger partial charge in [0.25, 0.3) is 0 Å². The highest BCUT2D eigenvalue weighted by molar-refractivity contribution is 4.96. The Morgan fingerprint density at radius 3 is 2.65 bits per heavy atom. The van der Waals surface area contributed by atoms with E-state index in [4.69, 9.17) is 5.73 Å². The summed E-state index contributed by atoms with van der Waals surface area (Å²) < 4.78 is 0. The lowest BCUT2D eigenvalue weighted by Crippen LogP contribution is -2.52. The molecular formula is C15H30N2. The van der Waals surface area contributed by atoms with Crippen molar-refractivity contribution < 1.29 is 0 Å². The van der Waals surface area contributed by atoms with Crippen molar-refractivity contribution in [3.63, 3.8) is 0 Å². The number of rotatable bonds is 3. The standard InChI is InChI=1S/C15H30N2/c1-3-14-5-4-8-15(12-16,9-6-14)17-10-7-13(2)11-17/h13-14H,3-12,16H2,1-2H3. The van der Waals surface area contributed by atoms with Gasteiger partial charge in [-0.05, 0) is 44.1 Å². The van der Waals surface area contributed by atoms with Crippen LogP contribution >= 0.6 is 0 Å². The third-order valence-electron chi connectivity index (χ3n) is 5.32. The Labute approximate surface area is 107 Å². The molecule has 3 unspecified atom stereocenters. The van der Waals surface area contributed by atoms with E-state index in [0.29, 0.717) is 5.54 Å². The van der Waals surface area contributed by atoms with Crippen LogP contribution in [0, 0.1) is 11.8 Å². The van der Waals surface area contributed by atoms with Gasteiger partial charge >= 0.3 is 0 Å². The second-order valence-electron chi connectivity index (χ2n) is 6.47. The summed E-state index contributed by atoms with van der Waals surface area (Å²) in [6, 6.07) is 0. The fourth-order valence-electron chi connectivity index (χ4n) is 3.89. The number of hydrogen-bond donors (Lipinski definition) is 1. The van der Waals surface area contributed by atoms with Gasteiger partial charge in [0.2, 0.25) is 0 Å². The second kappa shape index (κ2) is 5.71. The van der Waals surface area contributed by atoms with E-state index in [9.17, 15) is 0 Å². The highest BCUT2D eigenvalue weighted by atomic mass is 15.2. The third-order valence-corrected chi connectivity index (χ3v) is 5.32. The first-order valence-electron chi connectivity index (χ1n) is 7.65. The quantitative estimate of drug-likeness (QED) is 0.766. The molecule has 0 amide bonds. The maximum atomic E-state index is 6.18. The molecule has 0 spiro atoms. The molecule has 3 atom stereocenters. The van der Waals surface area contributed by atoms with E-state index in [0.717, 1.165) is 18.4 Å². The van der Waals surface area contributed by atoms with Crippen LogP contribution in [0.25, 0.3) is 0 Å². The van der Waals surface area contributed by atoms with Crippen molar-refractivity contribution in [3.8, 4) is 0 Å². The van der Waals surface area contributed by atoms with Crippen molar-refractivity contribution in [2.75, 3.05) is 19.6 Å². The summed E-state index contributed by atoms with van der Waals surface area (Å²) in [7, 11) is 0. The molecule has 0 bridgehead atoms. The monoisotopic (exact) mass is 238 g/mol. The van der Waals surface area contributed by atoms with Gasteiger partial charge in [-0.3, -0.25) is 4.90 Å². The van der Waals surface area contributed by atoms with Gasteiger partial charge in [0, 0.05) is 18.6 Å². The van der Waals surface area contributed by atoms with E-state index in [2.05, 4.69) is 18.7 Å². The molecule has 1 aliphatic carbocycles. The molecule has 1 heterocycles. The lowest BCUT2D eigenvalue weighted by atomic mass is 9.87. The molecule has 2 heteroatoms. The number of likely N-dealkylation sites (tertiary alicyclic amines) is 1. The van der Waals surface area contributed by atoms with E-state index in [1.54, 1.807) is 0 Å². The van der Waals surface area contributed by atoms with Crippen LogP contribution in [-0.2, 0) is 0 Å². The molecule has 0 aromatic heterocycles. The second-order valence-corrected chi connectivity index (χ2v) is 6.47. The molecule has 100 valence electrons. The predicted octanol–water partition coefficient (Wildman–Crippen LogP) is 3.02. The molecule has 2 rings (SSSR count). The van der Waals surface area contributed by atoms with Gasteiger partial charge in [-0.2, -0.15) is 0 Å². The first-order valence-corrected chi connectivity index (χ1v) is 7.65. The minimum absolute atomic E-state index is 0.356. The number of hydrogen-bond acceptors (Lipinski definition) is 2. The van der Waals surface area contributed by atoms with Crippen molar-refractivity contribution in [2.24, 2.45) is 17.6 Å².